The lowest BCUT2D eigenvalue weighted by atomic mass is 9.86. The fourth-order valence-electron chi connectivity index (χ4n) is 4.43. The number of nitrogens with one attached hydrogen (secondary N) is 1. The third kappa shape index (κ3) is 2.17. The average Bonchev–Trinajstić information content (AvgIpc) is 3.04. The second-order valence-electron chi connectivity index (χ2n) is 6.81. The number of nitrogens with zero attached hydrogens (tertiary/aromatic N) is 2. The Hall–Kier alpha value is -0.990. The minimum absolute atomic E-state index is 0.691. The van der Waals surface area contributed by atoms with Gasteiger partial charge >= 0.3 is 0 Å². The first kappa shape index (κ1) is 11.8. The van der Waals surface area contributed by atoms with E-state index in [-0.39, 0.29) is 0 Å². The van der Waals surface area contributed by atoms with E-state index in [0.717, 1.165) is 11.8 Å². The van der Waals surface area contributed by atoms with Gasteiger partial charge in [0.25, 0.3) is 0 Å². The lowest BCUT2D eigenvalue weighted by Crippen LogP contribution is -2.29. The molecule has 2 atom stereocenters. The van der Waals surface area contributed by atoms with Crippen molar-refractivity contribution in [2.75, 3.05) is 11.9 Å². The van der Waals surface area contributed by atoms with Crippen LogP contribution in [0.25, 0.3) is 0 Å². The van der Waals surface area contributed by atoms with Crippen LogP contribution in [0.2, 0.25) is 0 Å². The van der Waals surface area contributed by atoms with Crippen LogP contribution in [0.3, 0.4) is 0 Å². The van der Waals surface area contributed by atoms with Gasteiger partial charge in [-0.2, -0.15) is 5.10 Å². The van der Waals surface area contributed by atoms with Crippen molar-refractivity contribution >= 4 is 5.82 Å². The molecule has 3 aliphatic rings. The van der Waals surface area contributed by atoms with E-state index in [1.54, 1.807) is 0 Å². The van der Waals surface area contributed by atoms with Gasteiger partial charge in [0.15, 0.2) is 0 Å². The van der Waals surface area contributed by atoms with E-state index in [9.17, 15) is 0 Å². The molecule has 2 aliphatic carbocycles. The van der Waals surface area contributed by atoms with Gasteiger partial charge in [0.2, 0.25) is 0 Å². The molecule has 1 aromatic heterocycles. The Balaban J connectivity index is 1.52. The van der Waals surface area contributed by atoms with E-state index in [1.807, 2.05) is 0 Å². The molecule has 19 heavy (non-hydrogen) atoms. The molecule has 0 spiro atoms. The summed E-state index contributed by atoms with van der Waals surface area (Å²) in [7, 11) is 0. The van der Waals surface area contributed by atoms with Crippen LogP contribution in [0, 0.1) is 11.8 Å². The van der Waals surface area contributed by atoms with E-state index in [1.165, 1.54) is 75.8 Å². The third-order valence-electron chi connectivity index (χ3n) is 5.49. The van der Waals surface area contributed by atoms with Gasteiger partial charge in [-0.25, -0.2) is 4.68 Å². The molecule has 0 radical (unpaired) electrons. The van der Waals surface area contributed by atoms with Crippen LogP contribution in [-0.4, -0.2) is 16.3 Å². The molecule has 0 bridgehead atoms. The monoisotopic (exact) mass is 259 g/mol. The molecule has 0 aromatic carbocycles. The molecule has 3 heteroatoms. The Morgan fingerprint density at radius 1 is 1.11 bits per heavy atom. The van der Waals surface area contributed by atoms with Gasteiger partial charge in [0, 0.05) is 12.6 Å². The zero-order valence-electron chi connectivity index (χ0n) is 11.8. The van der Waals surface area contributed by atoms with Gasteiger partial charge in [-0.1, -0.05) is 38.5 Å². The molecule has 0 saturated heterocycles. The molecule has 2 heterocycles. The number of aromatic nitrogens is 2. The maximum atomic E-state index is 4.94. The second kappa shape index (κ2) is 4.84. The Labute approximate surface area is 115 Å². The number of rotatable bonds is 2. The number of anilines is 1. The lowest BCUT2D eigenvalue weighted by molar-refractivity contribution is 0.335. The van der Waals surface area contributed by atoms with E-state index in [4.69, 9.17) is 5.10 Å². The van der Waals surface area contributed by atoms with Crippen LogP contribution in [-0.2, 0) is 6.42 Å². The fourth-order valence-corrected chi connectivity index (χ4v) is 4.43. The smallest absolute Gasteiger partial charge is 0.124 e. The van der Waals surface area contributed by atoms with Gasteiger partial charge in [0.1, 0.15) is 5.82 Å². The highest BCUT2D eigenvalue weighted by molar-refractivity contribution is 5.40. The van der Waals surface area contributed by atoms with Crippen molar-refractivity contribution < 1.29 is 0 Å². The summed E-state index contributed by atoms with van der Waals surface area (Å²) < 4.78 is 2.32. The first-order chi connectivity index (χ1) is 9.40. The predicted octanol–water partition coefficient (Wildman–Crippen LogP) is 3.77. The van der Waals surface area contributed by atoms with Crippen molar-refractivity contribution in [3.63, 3.8) is 0 Å². The highest BCUT2D eigenvalue weighted by Gasteiger charge is 2.34. The maximum absolute atomic E-state index is 4.94. The average molecular weight is 259 g/mol. The fraction of sp³-hybridized carbons (Fsp3) is 0.812. The summed E-state index contributed by atoms with van der Waals surface area (Å²) in [5, 5.41) is 8.53. The maximum Gasteiger partial charge on any atom is 0.124 e. The zero-order valence-corrected chi connectivity index (χ0v) is 11.8. The van der Waals surface area contributed by atoms with Crippen LogP contribution in [0.15, 0.2) is 6.07 Å². The van der Waals surface area contributed by atoms with Crippen molar-refractivity contribution in [3.05, 3.63) is 11.8 Å². The molecular formula is C16H25N3. The zero-order chi connectivity index (χ0) is 12.7. The Morgan fingerprint density at radius 2 is 2.00 bits per heavy atom. The SMILES string of the molecule is c1c(CC2CCCCC2)nn2c1NCC1CCCC12. The van der Waals surface area contributed by atoms with Crippen LogP contribution >= 0.6 is 0 Å². The summed E-state index contributed by atoms with van der Waals surface area (Å²) in [5.74, 6) is 3.01. The normalized spacial score (nSPS) is 30.7. The Bertz CT molecular complexity index is 445. The van der Waals surface area contributed by atoms with Crippen molar-refractivity contribution in [3.8, 4) is 0 Å². The molecule has 1 aromatic rings. The summed E-state index contributed by atoms with van der Waals surface area (Å²) in [6.07, 6.45) is 12.5. The lowest BCUT2D eigenvalue weighted by Gasteiger charge is -2.28. The van der Waals surface area contributed by atoms with Crippen LogP contribution < -0.4 is 5.32 Å². The molecular weight excluding hydrogens is 234 g/mol. The molecule has 1 aliphatic heterocycles. The third-order valence-corrected chi connectivity index (χ3v) is 5.49. The summed E-state index contributed by atoms with van der Waals surface area (Å²) in [6.45, 7) is 1.17. The Kier molecular flexibility index (Phi) is 3.01. The molecule has 0 amide bonds. The summed E-state index contributed by atoms with van der Waals surface area (Å²) in [5.41, 5.74) is 1.34. The largest absolute Gasteiger partial charge is 0.370 e. The minimum Gasteiger partial charge on any atom is -0.370 e. The summed E-state index contributed by atoms with van der Waals surface area (Å²) >= 11 is 0. The van der Waals surface area contributed by atoms with Gasteiger partial charge in [-0.15, -0.1) is 0 Å². The van der Waals surface area contributed by atoms with Gasteiger partial charge < -0.3 is 5.32 Å². The van der Waals surface area contributed by atoms with E-state index in [0.29, 0.717) is 6.04 Å². The van der Waals surface area contributed by atoms with E-state index in [2.05, 4.69) is 16.1 Å². The molecule has 1 N–H and O–H groups in total. The molecule has 2 fully saturated rings. The molecule has 4 rings (SSSR count). The number of hydrogen-bond donors (Lipinski definition) is 1. The van der Waals surface area contributed by atoms with Crippen molar-refractivity contribution in [2.45, 2.75) is 63.8 Å². The predicted molar refractivity (Wildman–Crippen MR) is 77.4 cm³/mol. The molecule has 2 saturated carbocycles. The number of fused-ring (bicyclic) bond motifs is 3. The molecule has 104 valence electrons. The van der Waals surface area contributed by atoms with Crippen LogP contribution in [0.4, 0.5) is 5.82 Å². The van der Waals surface area contributed by atoms with Crippen molar-refractivity contribution in [1.82, 2.24) is 9.78 Å². The van der Waals surface area contributed by atoms with E-state index >= 15 is 0 Å². The molecule has 2 unspecified atom stereocenters. The van der Waals surface area contributed by atoms with Gasteiger partial charge in [-0.05, 0) is 31.1 Å². The number of hydrogen-bond acceptors (Lipinski definition) is 2. The van der Waals surface area contributed by atoms with Crippen molar-refractivity contribution in [2.24, 2.45) is 11.8 Å². The van der Waals surface area contributed by atoms with Crippen molar-refractivity contribution in [1.29, 1.82) is 0 Å². The first-order valence-electron chi connectivity index (χ1n) is 8.22. The van der Waals surface area contributed by atoms with Gasteiger partial charge in [0.05, 0.1) is 11.7 Å². The van der Waals surface area contributed by atoms with Crippen LogP contribution in [0.1, 0.15) is 63.1 Å². The highest BCUT2D eigenvalue weighted by Crippen LogP contribution is 2.40. The quantitative estimate of drug-likeness (QED) is 0.876. The minimum atomic E-state index is 0.691. The Morgan fingerprint density at radius 3 is 2.89 bits per heavy atom. The first-order valence-corrected chi connectivity index (χ1v) is 8.22. The standard InChI is InChI=1S/C16H25N3/c1-2-5-12(6-3-1)9-14-10-16-17-11-13-7-4-8-15(13)19(16)18-14/h10,12-13,15,17H,1-9,11H2. The summed E-state index contributed by atoms with van der Waals surface area (Å²) in [4.78, 5) is 0. The van der Waals surface area contributed by atoms with Crippen LogP contribution in [0.5, 0.6) is 0 Å². The topological polar surface area (TPSA) is 29.9 Å². The molecule has 3 nitrogen and oxygen atoms in total. The summed E-state index contributed by atoms with van der Waals surface area (Å²) in [6, 6.07) is 3.01. The van der Waals surface area contributed by atoms with Gasteiger partial charge in [-0.3, -0.25) is 0 Å². The van der Waals surface area contributed by atoms with E-state index < -0.39 is 0 Å². The highest BCUT2D eigenvalue weighted by atomic mass is 15.4. The second-order valence-corrected chi connectivity index (χ2v) is 6.81.